The van der Waals surface area contributed by atoms with Crippen molar-refractivity contribution in [2.75, 3.05) is 31.1 Å². The van der Waals surface area contributed by atoms with Crippen LogP contribution in [0.25, 0.3) is 22.3 Å². The molecule has 0 bridgehead atoms. The van der Waals surface area contributed by atoms with Gasteiger partial charge in [0, 0.05) is 37.9 Å². The largest absolute Gasteiger partial charge is 0.352 e. The maximum absolute atomic E-state index is 13.3. The number of rotatable bonds is 3. The third-order valence-electron chi connectivity index (χ3n) is 6.34. The van der Waals surface area contributed by atoms with Crippen molar-refractivity contribution in [2.24, 2.45) is 0 Å². The molecular weight excluding hydrogens is 425 g/mol. The van der Waals surface area contributed by atoms with Crippen molar-refractivity contribution < 1.29 is 14.0 Å². The van der Waals surface area contributed by atoms with Crippen LogP contribution in [0, 0.1) is 5.82 Å². The molecule has 1 saturated heterocycles. The normalized spacial score (nSPS) is 16.9. The molecule has 1 aliphatic heterocycles. The van der Waals surface area contributed by atoms with Crippen LogP contribution in [0.15, 0.2) is 36.7 Å². The van der Waals surface area contributed by atoms with E-state index in [1.165, 1.54) is 18.5 Å². The topological polar surface area (TPSA) is 106 Å². The Balaban J connectivity index is 1.23. The van der Waals surface area contributed by atoms with Crippen molar-refractivity contribution in [3.05, 3.63) is 42.5 Å². The lowest BCUT2D eigenvalue weighted by Crippen LogP contribution is -2.55. The van der Waals surface area contributed by atoms with Gasteiger partial charge in [0.05, 0.1) is 5.39 Å². The van der Waals surface area contributed by atoms with Gasteiger partial charge in [-0.15, -0.1) is 0 Å². The summed E-state index contributed by atoms with van der Waals surface area (Å²) in [6, 6.07) is 7.60. The van der Waals surface area contributed by atoms with E-state index in [9.17, 15) is 14.0 Å². The minimum Gasteiger partial charge on any atom is -0.352 e. The Kier molecular flexibility index (Phi) is 5.80. The Hall–Kier alpha value is -3.69. The number of carbonyl (C=O) groups excluding carboxylic acids is 2. The number of benzene rings is 1. The molecule has 2 fully saturated rings. The summed E-state index contributed by atoms with van der Waals surface area (Å²) in [5, 5.41) is 6.19. The quantitative estimate of drug-likeness (QED) is 0.567. The number of piperazine rings is 1. The Morgan fingerprint density at radius 3 is 2.48 bits per heavy atom. The molecule has 0 radical (unpaired) electrons. The zero-order valence-electron chi connectivity index (χ0n) is 18.2. The second kappa shape index (κ2) is 9.05. The molecule has 33 heavy (non-hydrogen) atoms. The Morgan fingerprint density at radius 1 is 1.03 bits per heavy atom. The van der Waals surface area contributed by atoms with Gasteiger partial charge in [0.15, 0.2) is 0 Å². The number of carbonyl (C=O) groups is 2. The molecule has 172 valence electrons. The van der Waals surface area contributed by atoms with Crippen LogP contribution < -0.4 is 15.5 Å². The van der Waals surface area contributed by atoms with E-state index in [1.807, 2.05) is 6.07 Å². The molecule has 1 saturated carbocycles. The van der Waals surface area contributed by atoms with E-state index in [0.29, 0.717) is 31.8 Å². The van der Waals surface area contributed by atoms with Crippen LogP contribution >= 0.6 is 0 Å². The second-order valence-corrected chi connectivity index (χ2v) is 8.51. The van der Waals surface area contributed by atoms with Gasteiger partial charge in [-0.05, 0) is 48.7 Å². The van der Waals surface area contributed by atoms with E-state index in [4.69, 9.17) is 0 Å². The summed E-state index contributed by atoms with van der Waals surface area (Å²) in [7, 11) is 0. The number of aromatic nitrogens is 3. The van der Waals surface area contributed by atoms with E-state index < -0.39 is 6.03 Å². The highest BCUT2D eigenvalue weighted by Gasteiger charge is 2.25. The average Bonchev–Trinajstić information content (AvgIpc) is 3.49. The zero-order chi connectivity index (χ0) is 22.8. The van der Waals surface area contributed by atoms with E-state index in [2.05, 4.69) is 30.5 Å². The van der Waals surface area contributed by atoms with Crippen molar-refractivity contribution in [3.63, 3.8) is 0 Å². The fraction of sp³-hybridized carbons (Fsp3) is 0.391. The van der Waals surface area contributed by atoms with Crippen LogP contribution in [0.4, 0.5) is 19.8 Å². The molecule has 0 atom stereocenters. The number of amides is 4. The van der Waals surface area contributed by atoms with Gasteiger partial charge in [-0.3, -0.25) is 5.32 Å². The lowest BCUT2D eigenvalue weighted by atomic mass is 10.1. The fourth-order valence-electron chi connectivity index (χ4n) is 4.55. The molecule has 3 aromatic rings. The number of anilines is 1. The second-order valence-electron chi connectivity index (χ2n) is 8.51. The highest BCUT2D eigenvalue weighted by molar-refractivity contribution is 5.94. The Bertz CT molecular complexity index is 1150. The third-order valence-corrected chi connectivity index (χ3v) is 6.34. The summed E-state index contributed by atoms with van der Waals surface area (Å²) in [6.45, 7) is 2.12. The first kappa shape index (κ1) is 21.2. The van der Waals surface area contributed by atoms with Crippen LogP contribution in [0.2, 0.25) is 0 Å². The lowest BCUT2D eigenvalue weighted by molar-refractivity contribution is 0.191. The first-order valence-corrected chi connectivity index (χ1v) is 11.3. The van der Waals surface area contributed by atoms with Crippen molar-refractivity contribution >= 4 is 28.9 Å². The maximum atomic E-state index is 13.3. The molecule has 0 unspecified atom stereocenters. The number of imide groups is 1. The number of hydrogen-bond acceptors (Lipinski definition) is 5. The number of halogens is 1. The molecule has 4 amide bonds. The molecule has 1 aromatic carbocycles. The average molecular weight is 452 g/mol. The Labute approximate surface area is 190 Å². The van der Waals surface area contributed by atoms with Gasteiger partial charge in [0.1, 0.15) is 23.6 Å². The van der Waals surface area contributed by atoms with Crippen LogP contribution in [0.3, 0.4) is 0 Å². The summed E-state index contributed by atoms with van der Waals surface area (Å²) in [6.07, 6.45) is 5.67. The van der Waals surface area contributed by atoms with Crippen molar-refractivity contribution in [1.29, 1.82) is 0 Å². The van der Waals surface area contributed by atoms with E-state index in [0.717, 1.165) is 48.1 Å². The molecule has 2 aromatic heterocycles. The molecular formula is C23H26FN7O2. The molecule has 2 aliphatic rings. The van der Waals surface area contributed by atoms with Gasteiger partial charge in [-0.1, -0.05) is 12.8 Å². The van der Waals surface area contributed by atoms with Crippen LogP contribution in [-0.2, 0) is 0 Å². The molecule has 1 aliphatic carbocycles. The minimum absolute atomic E-state index is 0.163. The molecule has 0 spiro atoms. The minimum atomic E-state index is -0.424. The Morgan fingerprint density at radius 2 is 1.76 bits per heavy atom. The van der Waals surface area contributed by atoms with Gasteiger partial charge in [-0.25, -0.2) is 23.9 Å². The monoisotopic (exact) mass is 451 g/mol. The fourth-order valence-corrected chi connectivity index (χ4v) is 4.55. The van der Waals surface area contributed by atoms with Gasteiger partial charge in [-0.2, -0.15) is 0 Å². The van der Waals surface area contributed by atoms with E-state index >= 15 is 0 Å². The SMILES string of the molecule is O=C(NC(=O)N1CCN(c2ncnc3[nH]c(-c4ccc(F)cc4)cc23)CC1)NC1CCCC1. The van der Waals surface area contributed by atoms with Crippen molar-refractivity contribution in [1.82, 2.24) is 30.5 Å². The number of nitrogens with zero attached hydrogens (tertiary/aromatic N) is 4. The van der Waals surface area contributed by atoms with E-state index in [-0.39, 0.29) is 17.9 Å². The predicted octanol–water partition coefficient (Wildman–Crippen LogP) is 3.25. The van der Waals surface area contributed by atoms with E-state index in [1.54, 1.807) is 17.0 Å². The summed E-state index contributed by atoms with van der Waals surface area (Å²) >= 11 is 0. The molecule has 10 heteroatoms. The van der Waals surface area contributed by atoms with Gasteiger partial charge >= 0.3 is 12.1 Å². The smallest absolute Gasteiger partial charge is 0.325 e. The van der Waals surface area contributed by atoms with Crippen molar-refractivity contribution in [2.45, 2.75) is 31.7 Å². The predicted molar refractivity (Wildman–Crippen MR) is 122 cm³/mol. The lowest BCUT2D eigenvalue weighted by Gasteiger charge is -2.35. The highest BCUT2D eigenvalue weighted by atomic mass is 19.1. The molecule has 9 nitrogen and oxygen atoms in total. The highest BCUT2D eigenvalue weighted by Crippen LogP contribution is 2.29. The first-order valence-electron chi connectivity index (χ1n) is 11.3. The number of aromatic amines is 1. The summed E-state index contributed by atoms with van der Waals surface area (Å²) in [5.41, 5.74) is 2.39. The number of H-pyrrole nitrogens is 1. The number of fused-ring (bicyclic) bond motifs is 1. The van der Waals surface area contributed by atoms with Crippen LogP contribution in [-0.4, -0.2) is 64.1 Å². The van der Waals surface area contributed by atoms with Crippen LogP contribution in [0.5, 0.6) is 0 Å². The van der Waals surface area contributed by atoms with Crippen LogP contribution in [0.1, 0.15) is 25.7 Å². The molecule has 5 rings (SSSR count). The maximum Gasteiger partial charge on any atom is 0.325 e. The molecule has 3 N–H and O–H groups in total. The summed E-state index contributed by atoms with van der Waals surface area (Å²) < 4.78 is 13.3. The number of nitrogens with one attached hydrogen (secondary N) is 3. The summed E-state index contributed by atoms with van der Waals surface area (Å²) in [5.74, 6) is 0.497. The van der Waals surface area contributed by atoms with Crippen molar-refractivity contribution in [3.8, 4) is 11.3 Å². The third kappa shape index (κ3) is 4.59. The summed E-state index contributed by atoms with van der Waals surface area (Å²) in [4.78, 5) is 40.4. The van der Waals surface area contributed by atoms with Gasteiger partial charge < -0.3 is 20.1 Å². The standard InChI is InChI=1S/C23H26FN7O2/c24-16-7-5-15(6-8-16)19-13-18-20(28-19)25-14-26-21(18)30-9-11-31(12-10-30)23(33)29-22(32)27-17-3-1-2-4-17/h5-8,13-14,17H,1-4,9-12H2,(H,25,26,28)(H2,27,29,32,33). The van der Waals surface area contributed by atoms with Gasteiger partial charge in [0.2, 0.25) is 0 Å². The first-order chi connectivity index (χ1) is 16.1. The number of hydrogen-bond donors (Lipinski definition) is 3. The van der Waals surface area contributed by atoms with Gasteiger partial charge in [0.25, 0.3) is 0 Å². The number of urea groups is 2. The zero-order valence-corrected chi connectivity index (χ0v) is 18.2. The molecule has 3 heterocycles.